The van der Waals surface area contributed by atoms with Crippen LogP contribution < -0.4 is 0 Å². The lowest BCUT2D eigenvalue weighted by Gasteiger charge is -1.94. The van der Waals surface area contributed by atoms with Crippen molar-refractivity contribution in [2.45, 2.75) is 38.1 Å². The molecule has 0 radical (unpaired) electrons. The molecule has 0 aliphatic carbocycles. The van der Waals surface area contributed by atoms with Crippen LogP contribution >= 0.6 is 15.9 Å². The van der Waals surface area contributed by atoms with Crippen LogP contribution in [0.2, 0.25) is 0 Å². The first-order chi connectivity index (χ1) is 8.19. The zero-order chi connectivity index (χ0) is 12.3. The van der Waals surface area contributed by atoms with Crippen LogP contribution in [-0.2, 0) is 13.0 Å². The number of halogens is 1. The maximum Gasteiger partial charge on any atom is 0.248 e. The molecule has 0 aromatic carbocycles. The minimum Gasteiger partial charge on any atom is -0.337 e. The zero-order valence-corrected chi connectivity index (χ0v) is 11.4. The van der Waals surface area contributed by atoms with Gasteiger partial charge >= 0.3 is 0 Å². The van der Waals surface area contributed by atoms with Crippen molar-refractivity contribution >= 4 is 15.9 Å². The maximum atomic E-state index is 5.13. The number of nitrogens with zero attached hydrogens (tertiary/aromatic N) is 5. The fourth-order valence-corrected chi connectivity index (χ4v) is 1.60. The van der Waals surface area contributed by atoms with Crippen molar-refractivity contribution in [3.8, 4) is 0 Å². The van der Waals surface area contributed by atoms with E-state index < -0.39 is 0 Å². The summed E-state index contributed by atoms with van der Waals surface area (Å²) in [4.78, 5) is 4.46. The summed E-state index contributed by atoms with van der Waals surface area (Å²) >= 11 is 3.44. The first-order valence-electron chi connectivity index (χ1n) is 5.54. The molecule has 0 N–H and O–H groups in total. The molecular formula is C10H14BrN5O. The quantitative estimate of drug-likeness (QED) is 0.791. The van der Waals surface area contributed by atoms with E-state index in [0.717, 1.165) is 24.4 Å². The molecule has 0 spiro atoms. The Morgan fingerprint density at radius 3 is 3.00 bits per heavy atom. The van der Waals surface area contributed by atoms with Crippen LogP contribution in [0, 0.1) is 0 Å². The number of aryl methyl sites for hydroxylation is 1. The Balaban J connectivity index is 2.03. The zero-order valence-electron chi connectivity index (χ0n) is 9.80. The second kappa shape index (κ2) is 5.39. The monoisotopic (exact) mass is 299 g/mol. The minimum absolute atomic E-state index is 0.189. The Bertz CT molecular complexity index is 479. The van der Waals surface area contributed by atoms with Crippen molar-refractivity contribution < 1.29 is 4.52 Å². The van der Waals surface area contributed by atoms with E-state index in [2.05, 4.69) is 43.3 Å². The van der Waals surface area contributed by atoms with Crippen molar-refractivity contribution in [2.75, 3.05) is 0 Å². The highest BCUT2D eigenvalue weighted by molar-refractivity contribution is 9.09. The lowest BCUT2D eigenvalue weighted by Crippen LogP contribution is -2.01. The minimum atomic E-state index is 0.189. The molecule has 0 saturated heterocycles. The van der Waals surface area contributed by atoms with Crippen molar-refractivity contribution in [3.63, 3.8) is 0 Å². The molecule has 0 fully saturated rings. The van der Waals surface area contributed by atoms with Gasteiger partial charge in [0.05, 0.1) is 16.7 Å². The molecule has 2 aromatic rings. The average Bonchev–Trinajstić information content (AvgIpc) is 2.89. The van der Waals surface area contributed by atoms with Gasteiger partial charge in [-0.25, -0.2) is 4.68 Å². The molecule has 1 atom stereocenters. The smallest absolute Gasteiger partial charge is 0.248 e. The molecule has 0 saturated carbocycles. The maximum absolute atomic E-state index is 5.13. The van der Waals surface area contributed by atoms with E-state index in [1.807, 2.05) is 13.1 Å². The van der Waals surface area contributed by atoms with Crippen molar-refractivity contribution in [2.24, 2.45) is 0 Å². The van der Waals surface area contributed by atoms with Crippen LogP contribution in [-0.4, -0.2) is 25.1 Å². The Hall–Kier alpha value is -1.24. The SMILES string of the molecule is CCCc1noc(Cn2cc(C(C)Br)nn2)n1. The second-order valence-electron chi connectivity index (χ2n) is 3.81. The van der Waals surface area contributed by atoms with Crippen LogP contribution in [0.4, 0.5) is 0 Å². The van der Waals surface area contributed by atoms with E-state index in [0.29, 0.717) is 12.4 Å². The van der Waals surface area contributed by atoms with E-state index >= 15 is 0 Å². The summed E-state index contributed by atoms with van der Waals surface area (Å²) in [6, 6.07) is 0. The van der Waals surface area contributed by atoms with Gasteiger partial charge < -0.3 is 4.52 Å². The van der Waals surface area contributed by atoms with Gasteiger partial charge in [-0.15, -0.1) is 5.10 Å². The highest BCUT2D eigenvalue weighted by Crippen LogP contribution is 2.18. The third-order valence-corrected chi connectivity index (χ3v) is 2.71. The summed E-state index contributed by atoms with van der Waals surface area (Å²) in [6.07, 6.45) is 3.71. The highest BCUT2D eigenvalue weighted by atomic mass is 79.9. The summed E-state index contributed by atoms with van der Waals surface area (Å²) in [6.45, 7) is 4.54. The molecule has 17 heavy (non-hydrogen) atoms. The topological polar surface area (TPSA) is 69.6 Å². The van der Waals surface area contributed by atoms with Gasteiger partial charge in [0.15, 0.2) is 5.82 Å². The average molecular weight is 300 g/mol. The number of hydrogen-bond acceptors (Lipinski definition) is 5. The number of alkyl halides is 1. The Kier molecular flexibility index (Phi) is 3.88. The summed E-state index contributed by atoms with van der Waals surface area (Å²) in [5, 5.41) is 11.9. The standard InChI is InChI=1S/C10H14BrN5O/c1-3-4-9-12-10(17-14-9)6-16-5-8(7(2)11)13-15-16/h5,7H,3-4,6H2,1-2H3. The lowest BCUT2D eigenvalue weighted by atomic mass is 10.3. The van der Waals surface area contributed by atoms with E-state index in [-0.39, 0.29) is 4.83 Å². The number of aromatic nitrogens is 5. The molecule has 0 amide bonds. The molecule has 0 bridgehead atoms. The largest absolute Gasteiger partial charge is 0.337 e. The van der Waals surface area contributed by atoms with Gasteiger partial charge in [-0.2, -0.15) is 4.98 Å². The Labute approximate surface area is 108 Å². The number of rotatable bonds is 5. The van der Waals surface area contributed by atoms with Gasteiger partial charge in [-0.3, -0.25) is 0 Å². The van der Waals surface area contributed by atoms with E-state index in [1.165, 1.54) is 0 Å². The normalized spacial score (nSPS) is 12.9. The van der Waals surface area contributed by atoms with E-state index in [4.69, 9.17) is 4.52 Å². The van der Waals surface area contributed by atoms with Crippen LogP contribution in [0.3, 0.4) is 0 Å². The molecule has 0 aliphatic heterocycles. The highest BCUT2D eigenvalue weighted by Gasteiger charge is 2.10. The van der Waals surface area contributed by atoms with Crippen molar-refractivity contribution in [1.29, 1.82) is 0 Å². The predicted octanol–water partition coefficient (Wildman–Crippen LogP) is 2.12. The van der Waals surface area contributed by atoms with Gasteiger partial charge in [-0.05, 0) is 13.3 Å². The molecule has 2 aromatic heterocycles. The van der Waals surface area contributed by atoms with Gasteiger partial charge in [0.1, 0.15) is 6.54 Å². The van der Waals surface area contributed by atoms with E-state index in [1.54, 1.807) is 4.68 Å². The van der Waals surface area contributed by atoms with Crippen LogP contribution in [0.15, 0.2) is 10.7 Å². The predicted molar refractivity (Wildman–Crippen MR) is 64.8 cm³/mol. The van der Waals surface area contributed by atoms with Gasteiger partial charge in [0.25, 0.3) is 0 Å². The number of hydrogen-bond donors (Lipinski definition) is 0. The molecule has 2 rings (SSSR count). The third-order valence-electron chi connectivity index (χ3n) is 2.24. The van der Waals surface area contributed by atoms with Crippen LogP contribution in [0.25, 0.3) is 0 Å². The molecule has 7 heteroatoms. The molecule has 2 heterocycles. The third kappa shape index (κ3) is 3.12. The molecule has 0 aliphatic rings. The van der Waals surface area contributed by atoms with Gasteiger partial charge in [-0.1, -0.05) is 33.2 Å². The fraction of sp³-hybridized carbons (Fsp3) is 0.600. The second-order valence-corrected chi connectivity index (χ2v) is 5.18. The first-order valence-corrected chi connectivity index (χ1v) is 6.46. The fourth-order valence-electron chi connectivity index (χ4n) is 1.39. The molecule has 6 nitrogen and oxygen atoms in total. The van der Waals surface area contributed by atoms with Crippen molar-refractivity contribution in [3.05, 3.63) is 23.6 Å². The summed E-state index contributed by atoms with van der Waals surface area (Å²) < 4.78 is 6.82. The van der Waals surface area contributed by atoms with Gasteiger partial charge in [0, 0.05) is 6.42 Å². The summed E-state index contributed by atoms with van der Waals surface area (Å²) in [7, 11) is 0. The van der Waals surface area contributed by atoms with Crippen LogP contribution in [0.5, 0.6) is 0 Å². The Morgan fingerprint density at radius 2 is 2.35 bits per heavy atom. The first kappa shape index (κ1) is 12.2. The Morgan fingerprint density at radius 1 is 1.53 bits per heavy atom. The molecule has 1 unspecified atom stereocenters. The molecular weight excluding hydrogens is 286 g/mol. The van der Waals surface area contributed by atoms with E-state index in [9.17, 15) is 0 Å². The van der Waals surface area contributed by atoms with Crippen LogP contribution in [0.1, 0.15) is 42.5 Å². The summed E-state index contributed by atoms with van der Waals surface area (Å²) in [5.74, 6) is 1.31. The molecule has 92 valence electrons. The lowest BCUT2D eigenvalue weighted by molar-refractivity contribution is 0.359. The summed E-state index contributed by atoms with van der Waals surface area (Å²) in [5.41, 5.74) is 0.887. The van der Waals surface area contributed by atoms with Crippen molar-refractivity contribution in [1.82, 2.24) is 25.1 Å². The van der Waals surface area contributed by atoms with Gasteiger partial charge in [0.2, 0.25) is 5.89 Å².